The maximum Gasteiger partial charge on any atom is 0.416 e. The number of aliphatic hydroxyl groups is 1. The third kappa shape index (κ3) is 2.74. The predicted molar refractivity (Wildman–Crippen MR) is 56.7 cm³/mol. The first-order valence-corrected chi connectivity index (χ1v) is 5.28. The molecule has 0 heterocycles. The molecule has 0 radical (unpaired) electrons. The van der Waals surface area contributed by atoms with E-state index >= 15 is 0 Å². The Morgan fingerprint density at radius 2 is 1.50 bits per heavy atom. The van der Waals surface area contributed by atoms with E-state index in [0.29, 0.717) is 0 Å². The summed E-state index contributed by atoms with van der Waals surface area (Å²) in [5.41, 5.74) is -1.64. The molecule has 0 saturated carbocycles. The maximum atomic E-state index is 12.6. The highest BCUT2D eigenvalue weighted by atomic mass is 35.5. The molecule has 0 aliphatic carbocycles. The van der Waals surface area contributed by atoms with Crippen molar-refractivity contribution in [3.8, 4) is 0 Å². The Morgan fingerprint density at radius 3 is 1.88 bits per heavy atom. The van der Waals surface area contributed by atoms with Crippen LogP contribution in [-0.2, 0) is 11.2 Å². The van der Waals surface area contributed by atoms with Crippen molar-refractivity contribution in [2.45, 2.75) is 16.1 Å². The van der Waals surface area contributed by atoms with Crippen LogP contribution in [0.2, 0.25) is 0 Å². The quantitative estimate of drug-likeness (QED) is 0.820. The second kappa shape index (κ2) is 4.61. The molecule has 0 amide bonds. The molecule has 0 aromatic heterocycles. The zero-order chi connectivity index (χ0) is 12.6. The summed E-state index contributed by atoms with van der Waals surface area (Å²) in [6.07, 6.45) is -4.64. The van der Waals surface area contributed by atoms with Gasteiger partial charge in [0.25, 0.3) is 0 Å². The zero-order valence-electron chi connectivity index (χ0n) is 7.60. The van der Waals surface area contributed by atoms with Gasteiger partial charge in [-0.15, -0.1) is 23.2 Å². The van der Waals surface area contributed by atoms with Crippen molar-refractivity contribution in [1.29, 1.82) is 0 Å². The molecule has 0 saturated heterocycles. The Morgan fingerprint density at radius 1 is 1.06 bits per heavy atom. The minimum absolute atomic E-state index is 0.570. The highest BCUT2D eigenvalue weighted by Crippen LogP contribution is 2.42. The highest BCUT2D eigenvalue weighted by molar-refractivity contribution is 6.49. The van der Waals surface area contributed by atoms with Gasteiger partial charge >= 0.3 is 6.18 Å². The smallest absolute Gasteiger partial charge is 0.369 e. The Bertz CT molecular complexity index is 377. The lowest BCUT2D eigenvalue weighted by molar-refractivity contribution is -0.139. The summed E-state index contributed by atoms with van der Waals surface area (Å²) in [5.74, 6) is 0. The van der Waals surface area contributed by atoms with Gasteiger partial charge in [-0.2, -0.15) is 13.2 Å². The van der Waals surface area contributed by atoms with Gasteiger partial charge in [0.2, 0.25) is 0 Å². The van der Waals surface area contributed by atoms with Gasteiger partial charge in [0, 0.05) is 5.56 Å². The van der Waals surface area contributed by atoms with Crippen molar-refractivity contribution in [2.24, 2.45) is 0 Å². The van der Waals surface area contributed by atoms with E-state index in [2.05, 4.69) is 0 Å². The number of halogens is 6. The average Bonchev–Trinajstić information content (AvgIpc) is 2.16. The SMILES string of the molecule is OC(Cl)(c1ccccc1C(F)(F)F)C(Cl)Cl. The van der Waals surface area contributed by atoms with E-state index in [0.717, 1.165) is 12.1 Å². The molecule has 1 unspecified atom stereocenters. The van der Waals surface area contributed by atoms with Crippen LogP contribution in [-0.4, -0.2) is 9.94 Å². The van der Waals surface area contributed by atoms with Gasteiger partial charge in [0.05, 0.1) is 5.56 Å². The number of hydrogen-bond acceptors (Lipinski definition) is 1. The van der Waals surface area contributed by atoms with E-state index in [1.807, 2.05) is 0 Å². The van der Waals surface area contributed by atoms with Crippen molar-refractivity contribution < 1.29 is 18.3 Å². The number of rotatable bonds is 2. The van der Waals surface area contributed by atoms with E-state index < -0.39 is 27.2 Å². The number of benzene rings is 1. The molecule has 0 aliphatic rings. The summed E-state index contributed by atoms with van der Waals surface area (Å²) in [4.78, 5) is -1.59. The summed E-state index contributed by atoms with van der Waals surface area (Å²) in [6, 6.07) is 4.29. The molecule has 16 heavy (non-hydrogen) atoms. The van der Waals surface area contributed by atoms with Crippen LogP contribution in [0.25, 0.3) is 0 Å². The van der Waals surface area contributed by atoms with E-state index in [1.165, 1.54) is 12.1 Å². The molecule has 0 fully saturated rings. The number of hydrogen-bond donors (Lipinski definition) is 1. The number of alkyl halides is 6. The van der Waals surface area contributed by atoms with Gasteiger partial charge in [0.1, 0.15) is 0 Å². The predicted octanol–water partition coefficient (Wildman–Crippen LogP) is 3.89. The van der Waals surface area contributed by atoms with Crippen LogP contribution in [0.3, 0.4) is 0 Å². The van der Waals surface area contributed by atoms with Gasteiger partial charge in [-0.05, 0) is 6.07 Å². The normalized spacial score (nSPS) is 16.2. The monoisotopic (exact) mass is 292 g/mol. The van der Waals surface area contributed by atoms with Crippen LogP contribution in [0, 0.1) is 0 Å². The lowest BCUT2D eigenvalue weighted by Crippen LogP contribution is -2.29. The molecule has 0 bridgehead atoms. The Labute approximate surface area is 105 Å². The highest BCUT2D eigenvalue weighted by Gasteiger charge is 2.42. The van der Waals surface area contributed by atoms with E-state index in [-0.39, 0.29) is 0 Å². The van der Waals surface area contributed by atoms with Gasteiger partial charge in [0.15, 0.2) is 9.90 Å². The Hall–Kier alpha value is -0.160. The Kier molecular flexibility index (Phi) is 4.00. The third-order valence-corrected chi connectivity index (χ3v) is 3.18. The van der Waals surface area contributed by atoms with Crippen LogP contribution in [0.15, 0.2) is 24.3 Å². The van der Waals surface area contributed by atoms with Gasteiger partial charge in [-0.3, -0.25) is 0 Å². The second-order valence-corrected chi connectivity index (χ2v) is 4.69. The largest absolute Gasteiger partial charge is 0.416 e. The van der Waals surface area contributed by atoms with Crippen LogP contribution in [0.4, 0.5) is 13.2 Å². The van der Waals surface area contributed by atoms with E-state index in [1.54, 1.807) is 0 Å². The molecular formula is C9H6Cl3F3O. The van der Waals surface area contributed by atoms with Gasteiger partial charge in [-0.25, -0.2) is 0 Å². The summed E-state index contributed by atoms with van der Waals surface area (Å²) in [5, 5.41) is 7.13. The molecule has 1 rings (SSSR count). The minimum atomic E-state index is -4.64. The van der Waals surface area contributed by atoms with Crippen LogP contribution in [0.5, 0.6) is 0 Å². The maximum absolute atomic E-state index is 12.6. The minimum Gasteiger partial charge on any atom is -0.369 e. The van der Waals surface area contributed by atoms with Gasteiger partial charge < -0.3 is 5.11 Å². The summed E-state index contributed by atoms with van der Waals surface area (Å²) in [7, 11) is 0. The van der Waals surface area contributed by atoms with Gasteiger partial charge in [-0.1, -0.05) is 29.8 Å². The van der Waals surface area contributed by atoms with Crippen molar-refractivity contribution in [1.82, 2.24) is 0 Å². The lowest BCUT2D eigenvalue weighted by Gasteiger charge is -2.25. The summed E-state index contributed by atoms with van der Waals surface area (Å²) >= 11 is 16.2. The Balaban J connectivity index is 3.35. The van der Waals surface area contributed by atoms with Crippen molar-refractivity contribution in [3.63, 3.8) is 0 Å². The van der Waals surface area contributed by atoms with Crippen molar-refractivity contribution in [3.05, 3.63) is 35.4 Å². The van der Waals surface area contributed by atoms with Crippen LogP contribution >= 0.6 is 34.8 Å². The molecule has 1 aromatic rings. The topological polar surface area (TPSA) is 20.2 Å². The lowest BCUT2D eigenvalue weighted by atomic mass is 10.0. The summed E-state index contributed by atoms with van der Waals surface area (Å²) < 4.78 is 37.8. The first-order chi connectivity index (χ1) is 7.17. The fourth-order valence-electron chi connectivity index (χ4n) is 1.15. The molecule has 1 N–H and O–H groups in total. The van der Waals surface area contributed by atoms with Crippen LogP contribution < -0.4 is 0 Å². The summed E-state index contributed by atoms with van der Waals surface area (Å²) in [6.45, 7) is 0. The third-order valence-electron chi connectivity index (χ3n) is 1.90. The molecule has 0 spiro atoms. The standard InChI is InChI=1S/C9H6Cl3F3O/c10-7(11)8(12,16)5-3-1-2-4-6(5)9(13,14)15/h1-4,7,16H. The molecule has 90 valence electrons. The fourth-order valence-corrected chi connectivity index (χ4v) is 1.55. The van der Waals surface area contributed by atoms with E-state index in [4.69, 9.17) is 34.8 Å². The molecule has 1 atom stereocenters. The van der Waals surface area contributed by atoms with E-state index in [9.17, 15) is 18.3 Å². The molecule has 0 aliphatic heterocycles. The first kappa shape index (κ1) is 13.9. The molecule has 7 heteroatoms. The zero-order valence-corrected chi connectivity index (χ0v) is 9.87. The second-order valence-electron chi connectivity index (χ2n) is 3.02. The average molecular weight is 293 g/mol. The molecular weight excluding hydrogens is 287 g/mol. The van der Waals surface area contributed by atoms with Crippen LogP contribution in [0.1, 0.15) is 11.1 Å². The van der Waals surface area contributed by atoms with Crippen molar-refractivity contribution >= 4 is 34.8 Å². The van der Waals surface area contributed by atoms with Crippen molar-refractivity contribution in [2.75, 3.05) is 0 Å². The molecule has 1 aromatic carbocycles. The molecule has 1 nitrogen and oxygen atoms in total. The fraction of sp³-hybridized carbons (Fsp3) is 0.333. The first-order valence-electron chi connectivity index (χ1n) is 4.03.